The highest BCUT2D eigenvalue weighted by molar-refractivity contribution is 7.80. The van der Waals surface area contributed by atoms with E-state index in [0.29, 0.717) is 6.07 Å². The minimum Gasteiger partial charge on any atom is -0.478 e. The summed E-state index contributed by atoms with van der Waals surface area (Å²) in [4.78, 5) is 43.3. The van der Waals surface area contributed by atoms with Gasteiger partial charge in [-0.25, -0.2) is 4.79 Å². The van der Waals surface area contributed by atoms with E-state index in [9.17, 15) is 29.8 Å². The molecule has 2 rings (SSSR count). The minimum absolute atomic E-state index is 0.0877. The van der Waals surface area contributed by atoms with E-state index in [2.05, 4.69) is 10.6 Å². The molecule has 13 heteroatoms. The number of nitrogens with zero attached hydrogens (tertiary/aromatic N) is 2. The summed E-state index contributed by atoms with van der Waals surface area (Å²) in [7, 11) is 0. The number of rotatable bonds is 5. The third-order valence-corrected chi connectivity index (χ3v) is 3.81. The van der Waals surface area contributed by atoms with Crippen LogP contribution in [-0.2, 0) is 0 Å². The second kappa shape index (κ2) is 8.37. The van der Waals surface area contributed by atoms with Gasteiger partial charge in [-0.3, -0.25) is 30.3 Å². The molecule has 0 saturated carbocycles. The number of carboxylic acids is 1. The topological polar surface area (TPSA) is 165 Å². The number of hydrogen-bond acceptors (Lipinski definition) is 7. The fourth-order valence-corrected chi connectivity index (χ4v) is 2.39. The number of thiocarbonyl (C=S) groups is 1. The molecule has 0 aliphatic rings. The maximum absolute atomic E-state index is 12.2. The van der Waals surface area contributed by atoms with Gasteiger partial charge >= 0.3 is 5.97 Å². The first-order valence-electron chi connectivity index (χ1n) is 7.17. The van der Waals surface area contributed by atoms with Gasteiger partial charge < -0.3 is 10.4 Å². The van der Waals surface area contributed by atoms with Crippen LogP contribution < -0.4 is 10.6 Å². The van der Waals surface area contributed by atoms with Crippen LogP contribution in [0.15, 0.2) is 36.4 Å². The molecule has 1 amide bonds. The Hall–Kier alpha value is -3.64. The van der Waals surface area contributed by atoms with Gasteiger partial charge in [-0.15, -0.1) is 0 Å². The number of nitrogens with one attached hydrogen (secondary N) is 2. The number of carboxylic acid groups (broad SMARTS) is 1. The number of carbonyl (C=O) groups excluding carboxylic acids is 1. The van der Waals surface area contributed by atoms with Gasteiger partial charge in [-0.2, -0.15) is 0 Å². The fraction of sp³-hybridized carbons (Fsp3) is 0. The highest BCUT2D eigenvalue weighted by Gasteiger charge is 2.20. The molecule has 2 aromatic carbocycles. The van der Waals surface area contributed by atoms with E-state index < -0.39 is 33.1 Å². The van der Waals surface area contributed by atoms with Crippen molar-refractivity contribution in [1.29, 1.82) is 0 Å². The third-order valence-electron chi connectivity index (χ3n) is 3.27. The quantitative estimate of drug-likeness (QED) is 0.371. The number of hydrogen-bond donors (Lipinski definition) is 3. The molecule has 11 nitrogen and oxygen atoms in total. The number of amides is 1. The summed E-state index contributed by atoms with van der Waals surface area (Å²) < 4.78 is 0. The van der Waals surface area contributed by atoms with Crippen molar-refractivity contribution in [3.63, 3.8) is 0 Å². The van der Waals surface area contributed by atoms with E-state index in [4.69, 9.17) is 28.9 Å². The number of nitro groups is 2. The van der Waals surface area contributed by atoms with E-state index in [-0.39, 0.29) is 26.9 Å². The number of halogens is 1. The summed E-state index contributed by atoms with van der Waals surface area (Å²) >= 11 is 10.9. The lowest BCUT2D eigenvalue weighted by molar-refractivity contribution is -0.394. The van der Waals surface area contributed by atoms with Crippen LogP contribution >= 0.6 is 23.8 Å². The van der Waals surface area contributed by atoms with Gasteiger partial charge in [0.1, 0.15) is 0 Å². The molecule has 0 fully saturated rings. The molecule has 0 bridgehead atoms. The molecule has 0 spiro atoms. The van der Waals surface area contributed by atoms with Gasteiger partial charge in [0, 0.05) is 12.1 Å². The molecule has 0 heterocycles. The lowest BCUT2D eigenvalue weighted by atomic mass is 10.1. The normalized spacial score (nSPS) is 10.0. The predicted molar refractivity (Wildman–Crippen MR) is 102 cm³/mol. The molecule has 0 atom stereocenters. The van der Waals surface area contributed by atoms with Crippen LogP contribution in [0.2, 0.25) is 5.02 Å². The van der Waals surface area contributed by atoms with Crippen LogP contribution in [0.5, 0.6) is 0 Å². The van der Waals surface area contributed by atoms with Gasteiger partial charge in [0.2, 0.25) is 0 Å². The maximum Gasteiger partial charge on any atom is 0.335 e. The van der Waals surface area contributed by atoms with Crippen LogP contribution in [0.4, 0.5) is 17.1 Å². The van der Waals surface area contributed by atoms with Gasteiger partial charge in [0.15, 0.2) is 5.11 Å². The molecular weight excluding hydrogens is 416 g/mol. The van der Waals surface area contributed by atoms with Crippen LogP contribution in [0, 0.1) is 20.2 Å². The SMILES string of the molecule is O=C(O)c1ccc(Cl)c(NC(=S)NC(=O)c2cc([N+](=O)[O-])cc([N+](=O)[O-])c2)c1. The third kappa shape index (κ3) is 4.96. The second-order valence-corrected chi connectivity index (χ2v) is 5.98. The number of anilines is 1. The summed E-state index contributed by atoms with van der Waals surface area (Å²) in [6.07, 6.45) is 0. The minimum atomic E-state index is -1.21. The number of aromatic carboxylic acids is 1. The molecule has 0 aliphatic heterocycles. The van der Waals surface area contributed by atoms with Crippen LogP contribution in [0.1, 0.15) is 20.7 Å². The van der Waals surface area contributed by atoms with Crippen molar-refractivity contribution in [3.8, 4) is 0 Å². The Morgan fingerprint density at radius 1 is 1.00 bits per heavy atom. The highest BCUT2D eigenvalue weighted by Crippen LogP contribution is 2.24. The Bertz CT molecular complexity index is 995. The van der Waals surface area contributed by atoms with Crippen molar-refractivity contribution < 1.29 is 24.5 Å². The van der Waals surface area contributed by atoms with Gasteiger partial charge in [-0.1, -0.05) is 11.6 Å². The van der Waals surface area contributed by atoms with Crippen molar-refractivity contribution in [2.24, 2.45) is 0 Å². The average molecular weight is 425 g/mol. The number of benzene rings is 2. The van der Waals surface area contributed by atoms with Gasteiger partial charge in [0.05, 0.1) is 37.7 Å². The van der Waals surface area contributed by atoms with Crippen LogP contribution in [0.3, 0.4) is 0 Å². The molecule has 0 aliphatic carbocycles. The van der Waals surface area contributed by atoms with E-state index in [0.717, 1.165) is 12.1 Å². The lowest BCUT2D eigenvalue weighted by Gasteiger charge is -2.11. The molecule has 28 heavy (non-hydrogen) atoms. The summed E-state index contributed by atoms with van der Waals surface area (Å²) in [5.41, 5.74) is -1.64. The Morgan fingerprint density at radius 3 is 2.07 bits per heavy atom. The zero-order valence-electron chi connectivity index (χ0n) is 13.5. The van der Waals surface area contributed by atoms with Crippen molar-refractivity contribution in [2.45, 2.75) is 0 Å². The second-order valence-electron chi connectivity index (χ2n) is 5.16. The first-order valence-corrected chi connectivity index (χ1v) is 7.96. The highest BCUT2D eigenvalue weighted by atomic mass is 35.5. The van der Waals surface area contributed by atoms with Gasteiger partial charge in [-0.05, 0) is 30.4 Å². The van der Waals surface area contributed by atoms with Crippen LogP contribution in [0.25, 0.3) is 0 Å². The van der Waals surface area contributed by atoms with Crippen molar-refractivity contribution in [1.82, 2.24) is 5.32 Å². The number of nitro benzene ring substituents is 2. The predicted octanol–water partition coefficient (Wildman–Crippen LogP) is 2.98. The Balaban J connectivity index is 2.22. The van der Waals surface area contributed by atoms with Crippen molar-refractivity contribution in [2.75, 3.05) is 5.32 Å². The standard InChI is InChI=1S/C15H9ClN4O7S/c16-11-2-1-7(14(22)23)5-12(11)17-15(28)18-13(21)8-3-9(19(24)25)6-10(4-8)20(26)27/h1-6H,(H,22,23)(H2,17,18,21,28). The summed E-state index contributed by atoms with van der Waals surface area (Å²) in [5.74, 6) is -2.16. The van der Waals surface area contributed by atoms with Crippen LogP contribution in [-0.4, -0.2) is 31.9 Å². The molecule has 144 valence electrons. The first-order chi connectivity index (χ1) is 13.1. The van der Waals surface area contributed by atoms with E-state index >= 15 is 0 Å². The molecule has 0 radical (unpaired) electrons. The molecule has 2 aromatic rings. The molecule has 0 aromatic heterocycles. The molecular formula is C15H9ClN4O7S. The largest absolute Gasteiger partial charge is 0.478 e. The molecule has 0 saturated heterocycles. The van der Waals surface area contributed by atoms with Crippen molar-refractivity contribution >= 4 is 57.9 Å². The molecule has 3 N–H and O–H groups in total. The monoisotopic (exact) mass is 424 g/mol. The lowest BCUT2D eigenvalue weighted by Crippen LogP contribution is -2.34. The summed E-state index contributed by atoms with van der Waals surface area (Å²) in [5, 5.41) is 35.3. The fourth-order valence-electron chi connectivity index (χ4n) is 2.02. The number of carbonyl (C=O) groups is 2. The van der Waals surface area contributed by atoms with E-state index in [1.54, 1.807) is 0 Å². The Morgan fingerprint density at radius 2 is 1.57 bits per heavy atom. The Kier molecular flexibility index (Phi) is 6.18. The molecule has 0 unspecified atom stereocenters. The summed E-state index contributed by atoms with van der Waals surface area (Å²) in [6.45, 7) is 0. The maximum atomic E-state index is 12.2. The zero-order chi connectivity index (χ0) is 21.0. The van der Waals surface area contributed by atoms with Crippen molar-refractivity contribution in [3.05, 3.63) is 72.8 Å². The zero-order valence-corrected chi connectivity index (χ0v) is 15.1. The first kappa shape index (κ1) is 20.7. The smallest absolute Gasteiger partial charge is 0.335 e. The Labute approximate surface area is 166 Å². The van der Waals surface area contributed by atoms with E-state index in [1.165, 1.54) is 18.2 Å². The van der Waals surface area contributed by atoms with E-state index in [1.807, 2.05) is 0 Å². The average Bonchev–Trinajstić information content (AvgIpc) is 2.62. The summed E-state index contributed by atoms with van der Waals surface area (Å²) in [6, 6.07) is 6.17. The number of non-ortho nitro benzene ring substituents is 2. The van der Waals surface area contributed by atoms with Gasteiger partial charge in [0.25, 0.3) is 17.3 Å².